The van der Waals surface area contributed by atoms with Crippen LogP contribution in [0.25, 0.3) is 0 Å². The van der Waals surface area contributed by atoms with Crippen molar-refractivity contribution in [1.29, 1.82) is 0 Å². The first kappa shape index (κ1) is 15.9. The van der Waals surface area contributed by atoms with Crippen LogP contribution in [0.4, 0.5) is 0 Å². The second kappa shape index (κ2) is 8.06. The van der Waals surface area contributed by atoms with Gasteiger partial charge in [-0.25, -0.2) is 0 Å². The molecular weight excluding hydrogens is 264 g/mol. The molecule has 0 N–H and O–H groups in total. The predicted molar refractivity (Wildman–Crippen MR) is 89.5 cm³/mol. The zero-order valence-corrected chi connectivity index (χ0v) is 13.9. The third kappa shape index (κ3) is 5.12. The Morgan fingerprint density at radius 1 is 1.30 bits per heavy atom. The molecule has 1 heterocycles. The van der Waals surface area contributed by atoms with E-state index in [4.69, 9.17) is 0 Å². The largest absolute Gasteiger partial charge is 0.305 e. The zero-order chi connectivity index (χ0) is 14.4. The monoisotopic (exact) mass is 292 g/mol. The number of hydrogen-bond donors (Lipinski definition) is 0. The van der Waals surface area contributed by atoms with Crippen molar-refractivity contribution < 1.29 is 0 Å². The molecule has 0 saturated carbocycles. The highest BCUT2D eigenvalue weighted by Gasteiger charge is 2.24. The zero-order valence-electron chi connectivity index (χ0n) is 13.1. The van der Waals surface area contributed by atoms with Gasteiger partial charge in [0.05, 0.1) is 0 Å². The molecule has 2 nitrogen and oxygen atoms in total. The summed E-state index contributed by atoms with van der Waals surface area (Å²) in [5.41, 5.74) is 0. The maximum Gasteiger partial charge on any atom is 0.0108 e. The number of nitrogens with zero attached hydrogens (tertiary/aromatic N) is 2. The van der Waals surface area contributed by atoms with Crippen molar-refractivity contribution in [2.24, 2.45) is 5.92 Å². The smallest absolute Gasteiger partial charge is 0.0108 e. The lowest BCUT2D eigenvalue weighted by atomic mass is 10.1. The fourth-order valence-corrected chi connectivity index (χ4v) is 3.84. The van der Waals surface area contributed by atoms with E-state index in [0.29, 0.717) is 6.04 Å². The van der Waals surface area contributed by atoms with Crippen LogP contribution in [0.3, 0.4) is 0 Å². The maximum absolute atomic E-state index is 2.61. The Hall–Kier alpha value is -0.510. The molecule has 1 aliphatic rings. The quantitative estimate of drug-likeness (QED) is 0.711. The van der Waals surface area contributed by atoms with Crippen LogP contribution >= 0.6 is 11.8 Å². The molecule has 3 heteroatoms. The van der Waals surface area contributed by atoms with Gasteiger partial charge in [-0.15, -0.1) is 11.8 Å². The molecule has 112 valence electrons. The van der Waals surface area contributed by atoms with E-state index in [1.807, 2.05) is 11.8 Å². The first-order valence-electron chi connectivity index (χ1n) is 7.75. The molecular formula is C17H28N2S. The standard InChI is InChI=1S/C17H28N2S/c1-15(2)19-10-9-16(14-19)13-18(3)11-12-20-17-7-5-4-6-8-17/h4-8,15-16H,9-14H2,1-3H3/t16-/m0/s1. The number of likely N-dealkylation sites (tertiary alicyclic amines) is 1. The highest BCUT2D eigenvalue weighted by molar-refractivity contribution is 7.99. The average Bonchev–Trinajstić information content (AvgIpc) is 2.88. The molecule has 0 radical (unpaired) electrons. The van der Waals surface area contributed by atoms with Gasteiger partial charge in [0.2, 0.25) is 0 Å². The van der Waals surface area contributed by atoms with Crippen molar-refractivity contribution in [1.82, 2.24) is 9.80 Å². The summed E-state index contributed by atoms with van der Waals surface area (Å²) in [6.07, 6.45) is 1.37. The highest BCUT2D eigenvalue weighted by atomic mass is 32.2. The van der Waals surface area contributed by atoms with E-state index in [0.717, 1.165) is 5.92 Å². The van der Waals surface area contributed by atoms with Crippen LogP contribution < -0.4 is 0 Å². The molecule has 0 spiro atoms. The lowest BCUT2D eigenvalue weighted by Gasteiger charge is -2.23. The van der Waals surface area contributed by atoms with E-state index >= 15 is 0 Å². The van der Waals surface area contributed by atoms with Crippen LogP contribution in [0.15, 0.2) is 35.2 Å². The molecule has 0 aliphatic carbocycles. The van der Waals surface area contributed by atoms with Gasteiger partial charge in [-0.05, 0) is 51.9 Å². The molecule has 1 aliphatic heterocycles. The second-order valence-electron chi connectivity index (χ2n) is 6.17. The molecule has 1 saturated heterocycles. The maximum atomic E-state index is 2.61. The van der Waals surface area contributed by atoms with Crippen LogP contribution in [0.1, 0.15) is 20.3 Å². The summed E-state index contributed by atoms with van der Waals surface area (Å²) < 4.78 is 0. The van der Waals surface area contributed by atoms with Gasteiger partial charge in [0.15, 0.2) is 0 Å². The van der Waals surface area contributed by atoms with Gasteiger partial charge >= 0.3 is 0 Å². The molecule has 0 unspecified atom stereocenters. The van der Waals surface area contributed by atoms with Crippen molar-refractivity contribution in [3.63, 3.8) is 0 Å². The molecule has 1 aromatic carbocycles. The number of thioether (sulfide) groups is 1. The van der Waals surface area contributed by atoms with E-state index in [1.165, 1.54) is 43.2 Å². The number of hydrogen-bond acceptors (Lipinski definition) is 3. The molecule has 2 rings (SSSR count). The van der Waals surface area contributed by atoms with Gasteiger partial charge in [-0.1, -0.05) is 18.2 Å². The van der Waals surface area contributed by atoms with Crippen molar-refractivity contribution in [2.45, 2.75) is 31.2 Å². The Morgan fingerprint density at radius 2 is 2.05 bits per heavy atom. The van der Waals surface area contributed by atoms with Crippen molar-refractivity contribution in [2.75, 3.05) is 39.0 Å². The summed E-state index contributed by atoms with van der Waals surface area (Å²) in [5, 5.41) is 0. The minimum atomic E-state index is 0.707. The Bertz CT molecular complexity index is 380. The minimum absolute atomic E-state index is 0.707. The van der Waals surface area contributed by atoms with Gasteiger partial charge in [0.1, 0.15) is 0 Å². The van der Waals surface area contributed by atoms with E-state index in [2.05, 4.69) is 61.0 Å². The lowest BCUT2D eigenvalue weighted by molar-refractivity contribution is 0.243. The molecule has 1 aromatic rings. The molecule has 0 aromatic heterocycles. The summed E-state index contributed by atoms with van der Waals surface area (Å²) in [4.78, 5) is 6.49. The predicted octanol–water partition coefficient (Wildman–Crippen LogP) is 3.44. The van der Waals surface area contributed by atoms with Gasteiger partial charge in [-0.3, -0.25) is 0 Å². The molecule has 1 atom stereocenters. The first-order valence-corrected chi connectivity index (χ1v) is 8.74. The topological polar surface area (TPSA) is 6.48 Å². The third-order valence-electron chi connectivity index (χ3n) is 4.10. The van der Waals surface area contributed by atoms with Crippen molar-refractivity contribution in [3.05, 3.63) is 30.3 Å². The third-order valence-corrected chi connectivity index (χ3v) is 5.09. The van der Waals surface area contributed by atoms with Crippen LogP contribution in [-0.4, -0.2) is 54.8 Å². The first-order chi connectivity index (χ1) is 9.65. The fourth-order valence-electron chi connectivity index (χ4n) is 2.85. The molecule has 1 fully saturated rings. The van der Waals surface area contributed by atoms with Gasteiger partial charge < -0.3 is 9.80 Å². The van der Waals surface area contributed by atoms with Gasteiger partial charge in [0.25, 0.3) is 0 Å². The average molecular weight is 292 g/mol. The Kier molecular flexibility index (Phi) is 6.40. The van der Waals surface area contributed by atoms with Crippen LogP contribution in [0.5, 0.6) is 0 Å². The fraction of sp³-hybridized carbons (Fsp3) is 0.647. The summed E-state index contributed by atoms with van der Waals surface area (Å²) in [6, 6.07) is 11.4. The number of benzene rings is 1. The Labute approximate surface area is 128 Å². The van der Waals surface area contributed by atoms with E-state index in [-0.39, 0.29) is 0 Å². The molecule has 0 bridgehead atoms. The van der Waals surface area contributed by atoms with Crippen molar-refractivity contribution in [3.8, 4) is 0 Å². The summed E-state index contributed by atoms with van der Waals surface area (Å²) in [5.74, 6) is 2.05. The second-order valence-corrected chi connectivity index (χ2v) is 7.34. The summed E-state index contributed by atoms with van der Waals surface area (Å²) in [7, 11) is 2.27. The lowest BCUT2D eigenvalue weighted by Crippen LogP contribution is -2.32. The van der Waals surface area contributed by atoms with Gasteiger partial charge in [-0.2, -0.15) is 0 Å². The summed E-state index contributed by atoms with van der Waals surface area (Å²) >= 11 is 1.96. The molecule has 20 heavy (non-hydrogen) atoms. The van der Waals surface area contributed by atoms with Crippen molar-refractivity contribution >= 4 is 11.8 Å². The van der Waals surface area contributed by atoms with E-state index < -0.39 is 0 Å². The molecule has 0 amide bonds. The van der Waals surface area contributed by atoms with E-state index in [9.17, 15) is 0 Å². The SMILES string of the molecule is CC(C)N1CC[C@@H](CN(C)CCSc2ccccc2)C1. The van der Waals surface area contributed by atoms with Crippen LogP contribution in [0, 0.1) is 5.92 Å². The summed E-state index contributed by atoms with van der Waals surface area (Å²) in [6.45, 7) is 9.62. The minimum Gasteiger partial charge on any atom is -0.305 e. The number of rotatable bonds is 7. The normalized spacial score (nSPS) is 20.1. The van der Waals surface area contributed by atoms with Gasteiger partial charge in [0, 0.05) is 36.3 Å². The van der Waals surface area contributed by atoms with Crippen LogP contribution in [0.2, 0.25) is 0 Å². The van der Waals surface area contributed by atoms with Crippen LogP contribution in [-0.2, 0) is 0 Å². The van der Waals surface area contributed by atoms with E-state index in [1.54, 1.807) is 0 Å². The Morgan fingerprint density at radius 3 is 2.70 bits per heavy atom. The Balaban J connectivity index is 1.62. The highest BCUT2D eigenvalue weighted by Crippen LogP contribution is 2.20.